The van der Waals surface area contributed by atoms with Crippen LogP contribution in [0, 0.1) is 0 Å². The van der Waals surface area contributed by atoms with Gasteiger partial charge in [-0.1, -0.05) is 0 Å². The lowest BCUT2D eigenvalue weighted by molar-refractivity contribution is -0.0903. The number of hydrogen-bond donors (Lipinski definition) is 4. The summed E-state index contributed by atoms with van der Waals surface area (Å²) in [7, 11) is 0. The number of aromatic amines is 1. The molecule has 0 saturated carbocycles. The molecule has 0 aromatic carbocycles. The van der Waals surface area contributed by atoms with E-state index in [2.05, 4.69) is 19.9 Å². The molecule has 1 aliphatic heterocycles. The number of rotatable bonds is 2. The molecular weight excluding hydrogens is 252 g/mol. The first-order chi connectivity index (χ1) is 9.06. The van der Waals surface area contributed by atoms with Gasteiger partial charge in [0.15, 0.2) is 11.2 Å². The molecule has 4 atom stereocenters. The molecule has 8 nitrogen and oxygen atoms in total. The highest BCUT2D eigenvalue weighted by Crippen LogP contribution is 2.38. The van der Waals surface area contributed by atoms with Crippen molar-refractivity contribution in [2.45, 2.75) is 30.8 Å². The maximum atomic E-state index is 10.1. The fourth-order valence-corrected chi connectivity index (χ4v) is 2.32. The molecule has 1 unspecified atom stereocenters. The summed E-state index contributed by atoms with van der Waals surface area (Å²) in [5.74, 6) is 0.338. The Labute approximate surface area is 108 Å². The second-order valence-electron chi connectivity index (χ2n) is 4.73. The molecule has 4 N–H and O–H groups in total. The summed E-state index contributed by atoms with van der Waals surface area (Å²) in [5.41, 5.74) is -0.173. The Balaban J connectivity index is 2.04. The van der Waals surface area contributed by atoms with Gasteiger partial charge in [-0.2, -0.15) is 0 Å². The zero-order chi connectivity index (χ0) is 13.6. The normalized spacial score (nSPS) is 35.1. The number of hydrogen-bond acceptors (Lipinski definition) is 7. The molecule has 1 fully saturated rings. The summed E-state index contributed by atoms with van der Waals surface area (Å²) in [4.78, 5) is 15.0. The number of fused-ring (bicyclic) bond motifs is 1. The molecule has 19 heavy (non-hydrogen) atoms. The van der Waals surface area contributed by atoms with E-state index in [0.29, 0.717) is 17.0 Å². The van der Waals surface area contributed by atoms with Gasteiger partial charge >= 0.3 is 0 Å². The summed E-state index contributed by atoms with van der Waals surface area (Å²) < 4.78 is 5.55. The fourth-order valence-electron chi connectivity index (χ4n) is 2.32. The maximum absolute atomic E-state index is 10.1. The lowest BCUT2D eigenvalue weighted by atomic mass is 9.96. The van der Waals surface area contributed by atoms with Crippen molar-refractivity contribution in [3.8, 4) is 0 Å². The van der Waals surface area contributed by atoms with Crippen LogP contribution in [0.2, 0.25) is 0 Å². The quantitative estimate of drug-likeness (QED) is 0.531. The molecule has 2 aromatic heterocycles. The summed E-state index contributed by atoms with van der Waals surface area (Å²) in [6, 6.07) is 0. The van der Waals surface area contributed by atoms with Crippen LogP contribution >= 0.6 is 0 Å². The molecule has 0 spiro atoms. The Hall–Kier alpha value is -1.61. The number of aliphatic hydroxyl groups is 3. The van der Waals surface area contributed by atoms with Crippen LogP contribution in [0.15, 0.2) is 12.5 Å². The minimum atomic E-state index is -1.23. The van der Waals surface area contributed by atoms with Crippen LogP contribution in [-0.2, 0) is 10.3 Å². The standard InChI is InChI=1S/C11H14N4O4/c1-11(8(18)7(17)6(3-16)19-11)10-14-5-2-12-4-13-9(5)15-10/h2,4,6-8,16-18H,3H2,1H3,(H,12,13,14,15)/t6-,7-,8-,11?/m1/s1. The summed E-state index contributed by atoms with van der Waals surface area (Å²) in [5, 5.41) is 29.1. The first-order valence-electron chi connectivity index (χ1n) is 5.87. The van der Waals surface area contributed by atoms with E-state index in [0.717, 1.165) is 0 Å². The second kappa shape index (κ2) is 4.20. The minimum absolute atomic E-state index is 0.338. The topological polar surface area (TPSA) is 124 Å². The van der Waals surface area contributed by atoms with Crippen molar-refractivity contribution in [1.82, 2.24) is 19.9 Å². The molecular formula is C11H14N4O4. The minimum Gasteiger partial charge on any atom is -0.394 e. The van der Waals surface area contributed by atoms with E-state index in [1.807, 2.05) is 0 Å². The average Bonchev–Trinajstić information content (AvgIpc) is 2.95. The highest BCUT2D eigenvalue weighted by atomic mass is 16.6. The summed E-state index contributed by atoms with van der Waals surface area (Å²) in [6.07, 6.45) is -0.289. The van der Waals surface area contributed by atoms with Crippen molar-refractivity contribution in [2.24, 2.45) is 0 Å². The van der Waals surface area contributed by atoms with Gasteiger partial charge in [-0.15, -0.1) is 0 Å². The van der Waals surface area contributed by atoms with Gasteiger partial charge in [-0.05, 0) is 6.92 Å². The number of ether oxygens (including phenoxy) is 1. The van der Waals surface area contributed by atoms with Gasteiger partial charge < -0.3 is 25.0 Å². The Kier molecular flexibility index (Phi) is 2.75. The molecule has 0 amide bonds. The molecule has 1 saturated heterocycles. The third-order valence-corrected chi connectivity index (χ3v) is 3.48. The van der Waals surface area contributed by atoms with Crippen LogP contribution < -0.4 is 0 Å². The van der Waals surface area contributed by atoms with Crippen molar-refractivity contribution in [2.75, 3.05) is 6.61 Å². The van der Waals surface area contributed by atoms with E-state index in [4.69, 9.17) is 9.84 Å². The first kappa shape index (κ1) is 12.4. The van der Waals surface area contributed by atoms with E-state index in [1.165, 1.54) is 6.33 Å². The van der Waals surface area contributed by atoms with Crippen LogP contribution in [-0.4, -0.2) is 60.2 Å². The van der Waals surface area contributed by atoms with Crippen molar-refractivity contribution in [3.63, 3.8) is 0 Å². The molecule has 102 valence electrons. The van der Waals surface area contributed by atoms with Crippen molar-refractivity contribution >= 4 is 11.2 Å². The number of aliphatic hydroxyl groups excluding tert-OH is 3. The lowest BCUT2D eigenvalue weighted by Gasteiger charge is -2.25. The molecule has 0 aliphatic carbocycles. The molecule has 3 heterocycles. The largest absolute Gasteiger partial charge is 0.394 e. The Morgan fingerprint density at radius 2 is 2.26 bits per heavy atom. The molecule has 3 rings (SSSR count). The predicted molar refractivity (Wildman–Crippen MR) is 63.0 cm³/mol. The Morgan fingerprint density at radius 3 is 2.89 bits per heavy atom. The van der Waals surface area contributed by atoms with Crippen molar-refractivity contribution in [1.29, 1.82) is 0 Å². The molecule has 2 aromatic rings. The van der Waals surface area contributed by atoms with Gasteiger partial charge in [0.25, 0.3) is 0 Å². The molecule has 8 heteroatoms. The van der Waals surface area contributed by atoms with Gasteiger partial charge in [0.1, 0.15) is 36.0 Å². The third-order valence-electron chi connectivity index (χ3n) is 3.48. The monoisotopic (exact) mass is 266 g/mol. The molecule has 1 aliphatic rings. The van der Waals surface area contributed by atoms with E-state index < -0.39 is 23.9 Å². The third kappa shape index (κ3) is 1.72. The zero-order valence-electron chi connectivity index (χ0n) is 10.2. The smallest absolute Gasteiger partial charge is 0.180 e. The van der Waals surface area contributed by atoms with E-state index >= 15 is 0 Å². The highest BCUT2D eigenvalue weighted by Gasteiger charge is 2.53. The zero-order valence-corrected chi connectivity index (χ0v) is 10.2. The Morgan fingerprint density at radius 1 is 1.47 bits per heavy atom. The fraction of sp³-hybridized carbons (Fsp3) is 0.545. The van der Waals surface area contributed by atoms with Crippen molar-refractivity contribution < 1.29 is 20.1 Å². The number of nitrogens with zero attached hydrogens (tertiary/aromatic N) is 3. The van der Waals surface area contributed by atoms with Gasteiger partial charge in [-0.25, -0.2) is 15.0 Å². The van der Waals surface area contributed by atoms with Crippen LogP contribution in [0.3, 0.4) is 0 Å². The number of aromatic nitrogens is 4. The summed E-state index contributed by atoms with van der Waals surface area (Å²) >= 11 is 0. The van der Waals surface area contributed by atoms with Crippen LogP contribution in [0.25, 0.3) is 11.2 Å². The van der Waals surface area contributed by atoms with E-state index in [9.17, 15) is 10.2 Å². The van der Waals surface area contributed by atoms with Crippen LogP contribution in [0.5, 0.6) is 0 Å². The number of H-pyrrole nitrogens is 1. The SMILES string of the molecule is CC1(c2nc3ncncc3[nH]2)O[C@H](CO)[C@@H](O)[C@H]1O. The number of imidazole rings is 1. The summed E-state index contributed by atoms with van der Waals surface area (Å²) in [6.45, 7) is 1.22. The van der Waals surface area contributed by atoms with Crippen molar-refractivity contribution in [3.05, 3.63) is 18.3 Å². The molecule has 0 bridgehead atoms. The van der Waals surface area contributed by atoms with E-state index in [1.54, 1.807) is 13.1 Å². The predicted octanol–water partition coefficient (Wildman–Crippen LogP) is -1.32. The molecule has 0 radical (unpaired) electrons. The maximum Gasteiger partial charge on any atom is 0.180 e. The van der Waals surface area contributed by atoms with E-state index in [-0.39, 0.29) is 6.61 Å². The van der Waals surface area contributed by atoms with Crippen LogP contribution in [0.1, 0.15) is 12.7 Å². The average molecular weight is 266 g/mol. The second-order valence-corrected chi connectivity index (χ2v) is 4.73. The highest BCUT2D eigenvalue weighted by molar-refractivity contribution is 5.69. The van der Waals surface area contributed by atoms with Gasteiger partial charge in [0.2, 0.25) is 0 Å². The van der Waals surface area contributed by atoms with Gasteiger partial charge in [0.05, 0.1) is 12.8 Å². The first-order valence-corrected chi connectivity index (χ1v) is 5.87. The van der Waals surface area contributed by atoms with Crippen LogP contribution in [0.4, 0.5) is 0 Å². The number of nitrogens with one attached hydrogen (secondary N) is 1. The Bertz CT molecular complexity index is 570. The van der Waals surface area contributed by atoms with Gasteiger partial charge in [-0.3, -0.25) is 0 Å². The van der Waals surface area contributed by atoms with Gasteiger partial charge in [0, 0.05) is 0 Å². The lowest BCUT2D eigenvalue weighted by Crippen LogP contribution is -2.39.